The van der Waals surface area contributed by atoms with E-state index < -0.39 is 0 Å². The molecule has 3 heteroatoms. The summed E-state index contributed by atoms with van der Waals surface area (Å²) in [5.41, 5.74) is 1.28. The fraction of sp³-hybridized carbons (Fsp3) is 0.364. The van der Waals surface area contributed by atoms with E-state index in [4.69, 9.17) is 0 Å². The van der Waals surface area contributed by atoms with Crippen LogP contribution in [0.5, 0.6) is 0 Å². The molecular formula is C11H13BrOS. The molecule has 14 heavy (non-hydrogen) atoms. The molecule has 1 aromatic carbocycles. The van der Waals surface area contributed by atoms with Crippen molar-refractivity contribution < 1.29 is 4.79 Å². The zero-order chi connectivity index (χ0) is 10.4. The standard InChI is InChI=1S/C11H13BrOS/c12-10-6-4-9(5-7-10)2-1-3-11(13)8-14/h4-7,14H,1-3,8H2. The van der Waals surface area contributed by atoms with Crippen LogP contribution in [0.15, 0.2) is 28.7 Å². The maximum Gasteiger partial charge on any atom is 0.142 e. The lowest BCUT2D eigenvalue weighted by Gasteiger charge is -2.00. The normalized spacial score (nSPS) is 10.1. The van der Waals surface area contributed by atoms with Gasteiger partial charge in [0.15, 0.2) is 0 Å². The Morgan fingerprint density at radius 2 is 1.93 bits per heavy atom. The average Bonchev–Trinajstić information content (AvgIpc) is 2.21. The monoisotopic (exact) mass is 272 g/mol. The summed E-state index contributed by atoms with van der Waals surface area (Å²) < 4.78 is 1.09. The highest BCUT2D eigenvalue weighted by Gasteiger charge is 1.99. The van der Waals surface area contributed by atoms with Gasteiger partial charge in [-0.1, -0.05) is 28.1 Å². The van der Waals surface area contributed by atoms with Crippen molar-refractivity contribution in [3.05, 3.63) is 34.3 Å². The van der Waals surface area contributed by atoms with Crippen molar-refractivity contribution in [3.8, 4) is 0 Å². The van der Waals surface area contributed by atoms with Gasteiger partial charge < -0.3 is 0 Å². The molecule has 0 heterocycles. The highest BCUT2D eigenvalue weighted by molar-refractivity contribution is 9.10. The molecule has 0 N–H and O–H groups in total. The number of halogens is 1. The molecule has 0 bridgehead atoms. The van der Waals surface area contributed by atoms with Gasteiger partial charge in [0, 0.05) is 16.6 Å². The van der Waals surface area contributed by atoms with Crippen molar-refractivity contribution in [2.24, 2.45) is 0 Å². The van der Waals surface area contributed by atoms with E-state index in [1.165, 1.54) is 5.56 Å². The summed E-state index contributed by atoms with van der Waals surface area (Å²) in [4.78, 5) is 11.0. The summed E-state index contributed by atoms with van der Waals surface area (Å²) in [5, 5.41) is 0. The first-order valence-corrected chi connectivity index (χ1v) is 6.02. The van der Waals surface area contributed by atoms with Gasteiger partial charge in [-0.15, -0.1) is 0 Å². The summed E-state index contributed by atoms with van der Waals surface area (Å²) in [6.45, 7) is 0. The number of benzene rings is 1. The van der Waals surface area contributed by atoms with Crippen molar-refractivity contribution in [2.75, 3.05) is 5.75 Å². The lowest BCUT2D eigenvalue weighted by atomic mass is 10.1. The van der Waals surface area contributed by atoms with E-state index in [1.807, 2.05) is 12.1 Å². The first-order valence-electron chi connectivity index (χ1n) is 4.59. The number of hydrogen-bond acceptors (Lipinski definition) is 2. The van der Waals surface area contributed by atoms with Crippen LogP contribution in [0, 0.1) is 0 Å². The maximum absolute atomic E-state index is 11.0. The fourth-order valence-corrected chi connectivity index (χ4v) is 1.64. The van der Waals surface area contributed by atoms with Crippen LogP contribution in [0.25, 0.3) is 0 Å². The lowest BCUT2D eigenvalue weighted by molar-refractivity contribution is -0.116. The minimum Gasteiger partial charge on any atom is -0.299 e. The SMILES string of the molecule is O=C(CS)CCCc1ccc(Br)cc1. The summed E-state index contributed by atoms with van der Waals surface area (Å²) >= 11 is 7.32. The summed E-state index contributed by atoms with van der Waals surface area (Å²) in [5.74, 6) is 0.589. The van der Waals surface area contributed by atoms with Gasteiger partial charge in [-0.05, 0) is 30.5 Å². The Balaban J connectivity index is 2.31. The Hall–Kier alpha value is -0.280. The molecule has 0 saturated heterocycles. The van der Waals surface area contributed by atoms with E-state index in [0.29, 0.717) is 12.2 Å². The summed E-state index contributed by atoms with van der Waals surface area (Å²) in [6.07, 6.45) is 2.52. The van der Waals surface area contributed by atoms with Crippen LogP contribution < -0.4 is 0 Å². The van der Waals surface area contributed by atoms with Gasteiger partial charge in [0.25, 0.3) is 0 Å². The van der Waals surface area contributed by atoms with Crippen LogP contribution in [0.4, 0.5) is 0 Å². The van der Waals surface area contributed by atoms with Crippen molar-refractivity contribution in [1.82, 2.24) is 0 Å². The van der Waals surface area contributed by atoms with Gasteiger partial charge in [0.05, 0.1) is 0 Å². The molecule has 1 rings (SSSR count). The third-order valence-electron chi connectivity index (χ3n) is 2.01. The summed E-state index contributed by atoms with van der Waals surface area (Å²) in [7, 11) is 0. The Kier molecular flexibility index (Phi) is 5.26. The fourth-order valence-electron chi connectivity index (χ4n) is 1.22. The molecule has 0 aliphatic rings. The van der Waals surface area contributed by atoms with Gasteiger partial charge in [-0.2, -0.15) is 12.6 Å². The predicted molar refractivity (Wildman–Crippen MR) is 65.9 cm³/mol. The van der Waals surface area contributed by atoms with E-state index in [9.17, 15) is 4.79 Å². The molecule has 0 fully saturated rings. The van der Waals surface area contributed by atoms with Crippen molar-refractivity contribution >= 4 is 34.3 Å². The van der Waals surface area contributed by atoms with Crippen LogP contribution in [-0.2, 0) is 11.2 Å². The zero-order valence-corrected chi connectivity index (χ0v) is 10.4. The molecule has 0 atom stereocenters. The van der Waals surface area contributed by atoms with Crippen LogP contribution in [0.2, 0.25) is 0 Å². The van der Waals surface area contributed by atoms with Gasteiger partial charge >= 0.3 is 0 Å². The zero-order valence-electron chi connectivity index (χ0n) is 7.87. The van der Waals surface area contributed by atoms with Gasteiger partial charge in [0.1, 0.15) is 5.78 Å². The van der Waals surface area contributed by atoms with E-state index in [-0.39, 0.29) is 5.78 Å². The molecule has 76 valence electrons. The molecule has 0 saturated carbocycles. The predicted octanol–water partition coefficient (Wildman–Crippen LogP) is 3.27. The number of Topliss-reactive ketones (excluding diaryl/α,β-unsaturated/α-hetero) is 1. The van der Waals surface area contributed by atoms with Gasteiger partial charge in [0.2, 0.25) is 0 Å². The molecule has 0 aromatic heterocycles. The molecular weight excluding hydrogens is 260 g/mol. The number of carbonyl (C=O) groups excluding carboxylic acids is 1. The largest absolute Gasteiger partial charge is 0.299 e. The Bertz CT molecular complexity index is 295. The van der Waals surface area contributed by atoms with E-state index >= 15 is 0 Å². The third kappa shape index (κ3) is 4.29. The highest BCUT2D eigenvalue weighted by atomic mass is 79.9. The second-order valence-corrected chi connectivity index (χ2v) is 4.41. The lowest BCUT2D eigenvalue weighted by Crippen LogP contribution is -1.99. The number of ketones is 1. The quantitative estimate of drug-likeness (QED) is 0.815. The molecule has 1 nitrogen and oxygen atoms in total. The number of carbonyl (C=O) groups is 1. The van der Waals surface area contributed by atoms with E-state index in [0.717, 1.165) is 17.3 Å². The Morgan fingerprint density at radius 3 is 2.50 bits per heavy atom. The molecule has 0 aliphatic heterocycles. The maximum atomic E-state index is 11.0. The molecule has 0 amide bonds. The van der Waals surface area contributed by atoms with Crippen LogP contribution in [0.3, 0.4) is 0 Å². The van der Waals surface area contributed by atoms with E-state index in [1.54, 1.807) is 0 Å². The highest BCUT2D eigenvalue weighted by Crippen LogP contribution is 2.12. The minimum absolute atomic E-state index is 0.227. The van der Waals surface area contributed by atoms with Gasteiger partial charge in [-0.3, -0.25) is 4.79 Å². The third-order valence-corrected chi connectivity index (χ3v) is 2.89. The Labute approximate surface area is 98.4 Å². The van der Waals surface area contributed by atoms with E-state index in [2.05, 4.69) is 40.7 Å². The van der Waals surface area contributed by atoms with Crippen LogP contribution in [-0.4, -0.2) is 11.5 Å². The second-order valence-electron chi connectivity index (χ2n) is 3.18. The first kappa shape index (κ1) is 11.8. The number of hydrogen-bond donors (Lipinski definition) is 1. The minimum atomic E-state index is 0.227. The molecule has 0 aliphatic carbocycles. The number of aryl methyl sites for hydroxylation is 1. The topological polar surface area (TPSA) is 17.1 Å². The van der Waals surface area contributed by atoms with Crippen LogP contribution in [0.1, 0.15) is 18.4 Å². The number of thiol groups is 1. The molecule has 0 unspecified atom stereocenters. The second kappa shape index (κ2) is 6.25. The molecule has 0 radical (unpaired) electrons. The van der Waals surface area contributed by atoms with Crippen molar-refractivity contribution in [3.63, 3.8) is 0 Å². The number of rotatable bonds is 5. The first-order chi connectivity index (χ1) is 6.72. The van der Waals surface area contributed by atoms with Crippen LogP contribution >= 0.6 is 28.6 Å². The molecule has 0 spiro atoms. The summed E-state index contributed by atoms with van der Waals surface area (Å²) in [6, 6.07) is 8.20. The Morgan fingerprint density at radius 1 is 1.29 bits per heavy atom. The van der Waals surface area contributed by atoms with Crippen molar-refractivity contribution in [2.45, 2.75) is 19.3 Å². The van der Waals surface area contributed by atoms with Crippen molar-refractivity contribution in [1.29, 1.82) is 0 Å². The van der Waals surface area contributed by atoms with Gasteiger partial charge in [-0.25, -0.2) is 0 Å². The average molecular weight is 273 g/mol. The molecule has 1 aromatic rings. The smallest absolute Gasteiger partial charge is 0.142 e.